The Balaban J connectivity index is 1.94. The standard InChI is InChI=1S/C12H23N3O3/c1-11(16)13-4-2-3-12(17)14-5-6-15-7-9-18-10-8-15/h2-10H2,1H3,(H,13,16)(H,14,17). The number of hydrogen-bond acceptors (Lipinski definition) is 4. The molecule has 1 heterocycles. The molecule has 1 aliphatic heterocycles. The van der Waals surface area contributed by atoms with Crippen LogP contribution in [0.25, 0.3) is 0 Å². The van der Waals surface area contributed by atoms with Gasteiger partial charge in [0.1, 0.15) is 0 Å². The normalized spacial score (nSPS) is 16.3. The monoisotopic (exact) mass is 257 g/mol. The van der Waals surface area contributed by atoms with Crippen molar-refractivity contribution in [2.45, 2.75) is 19.8 Å². The van der Waals surface area contributed by atoms with Crippen LogP contribution in [0.15, 0.2) is 0 Å². The van der Waals surface area contributed by atoms with Gasteiger partial charge in [0.15, 0.2) is 0 Å². The first-order valence-corrected chi connectivity index (χ1v) is 6.49. The van der Waals surface area contributed by atoms with E-state index in [1.54, 1.807) is 0 Å². The SMILES string of the molecule is CC(=O)NCCCC(=O)NCCN1CCOCC1. The zero-order chi connectivity index (χ0) is 13.2. The Morgan fingerprint density at radius 2 is 1.89 bits per heavy atom. The molecule has 1 saturated heterocycles. The average molecular weight is 257 g/mol. The van der Waals surface area contributed by atoms with Crippen molar-refractivity contribution in [1.82, 2.24) is 15.5 Å². The minimum absolute atomic E-state index is 0.0496. The number of carbonyl (C=O) groups is 2. The van der Waals surface area contributed by atoms with Gasteiger partial charge in [-0.1, -0.05) is 0 Å². The molecule has 2 amide bonds. The summed E-state index contributed by atoms with van der Waals surface area (Å²) in [5.74, 6) is -0.00339. The molecule has 0 radical (unpaired) electrons. The van der Waals surface area contributed by atoms with Crippen molar-refractivity contribution >= 4 is 11.8 Å². The molecule has 0 aromatic carbocycles. The highest BCUT2D eigenvalue weighted by Crippen LogP contribution is 1.95. The molecule has 0 bridgehead atoms. The number of hydrogen-bond donors (Lipinski definition) is 2. The first-order valence-electron chi connectivity index (χ1n) is 6.49. The second kappa shape index (κ2) is 8.88. The first kappa shape index (κ1) is 14.9. The Bertz CT molecular complexity index is 265. The molecular weight excluding hydrogens is 234 g/mol. The second-order valence-corrected chi connectivity index (χ2v) is 4.39. The van der Waals surface area contributed by atoms with Gasteiger partial charge in [-0.25, -0.2) is 0 Å². The lowest BCUT2D eigenvalue weighted by Gasteiger charge is -2.26. The minimum Gasteiger partial charge on any atom is -0.379 e. The van der Waals surface area contributed by atoms with E-state index in [9.17, 15) is 9.59 Å². The summed E-state index contributed by atoms with van der Waals surface area (Å²) in [6.07, 6.45) is 1.15. The Hall–Kier alpha value is -1.14. The highest BCUT2D eigenvalue weighted by molar-refractivity contribution is 5.76. The Morgan fingerprint density at radius 3 is 2.56 bits per heavy atom. The highest BCUT2D eigenvalue weighted by Gasteiger charge is 2.09. The predicted molar refractivity (Wildman–Crippen MR) is 68.2 cm³/mol. The fourth-order valence-corrected chi connectivity index (χ4v) is 1.78. The van der Waals surface area contributed by atoms with Crippen molar-refractivity contribution in [2.24, 2.45) is 0 Å². The van der Waals surface area contributed by atoms with E-state index in [0.29, 0.717) is 25.9 Å². The number of nitrogens with zero attached hydrogens (tertiary/aromatic N) is 1. The van der Waals surface area contributed by atoms with Crippen LogP contribution in [0.4, 0.5) is 0 Å². The zero-order valence-corrected chi connectivity index (χ0v) is 11.0. The van der Waals surface area contributed by atoms with Crippen LogP contribution in [0, 0.1) is 0 Å². The zero-order valence-electron chi connectivity index (χ0n) is 11.0. The molecule has 18 heavy (non-hydrogen) atoms. The third kappa shape index (κ3) is 7.24. The van der Waals surface area contributed by atoms with E-state index < -0.39 is 0 Å². The number of amides is 2. The van der Waals surface area contributed by atoms with Crippen LogP contribution in [-0.4, -0.2) is 62.7 Å². The van der Waals surface area contributed by atoms with E-state index in [1.807, 2.05) is 0 Å². The van der Waals surface area contributed by atoms with Crippen molar-refractivity contribution in [2.75, 3.05) is 45.9 Å². The fraction of sp³-hybridized carbons (Fsp3) is 0.833. The van der Waals surface area contributed by atoms with Crippen molar-refractivity contribution < 1.29 is 14.3 Å². The van der Waals surface area contributed by atoms with Gasteiger partial charge in [0.25, 0.3) is 0 Å². The van der Waals surface area contributed by atoms with Crippen molar-refractivity contribution in [3.63, 3.8) is 0 Å². The predicted octanol–water partition coefficient (Wildman–Crippen LogP) is -0.649. The number of nitrogens with one attached hydrogen (secondary N) is 2. The van der Waals surface area contributed by atoms with Crippen molar-refractivity contribution in [3.8, 4) is 0 Å². The Labute approximate surface area is 108 Å². The highest BCUT2D eigenvalue weighted by atomic mass is 16.5. The summed E-state index contributed by atoms with van der Waals surface area (Å²) in [5.41, 5.74) is 0. The summed E-state index contributed by atoms with van der Waals surface area (Å²) in [7, 11) is 0. The Kier molecular flexibility index (Phi) is 7.36. The van der Waals surface area contributed by atoms with E-state index in [0.717, 1.165) is 32.8 Å². The maximum Gasteiger partial charge on any atom is 0.220 e. The molecule has 0 aromatic heterocycles. The topological polar surface area (TPSA) is 70.7 Å². The van der Waals surface area contributed by atoms with Gasteiger partial charge < -0.3 is 15.4 Å². The summed E-state index contributed by atoms with van der Waals surface area (Å²) >= 11 is 0. The molecule has 0 atom stereocenters. The Morgan fingerprint density at radius 1 is 1.17 bits per heavy atom. The smallest absolute Gasteiger partial charge is 0.220 e. The molecule has 0 aliphatic carbocycles. The van der Waals surface area contributed by atoms with E-state index in [2.05, 4.69) is 15.5 Å². The summed E-state index contributed by atoms with van der Waals surface area (Å²) in [6.45, 7) is 7.04. The van der Waals surface area contributed by atoms with Crippen LogP contribution in [0.3, 0.4) is 0 Å². The van der Waals surface area contributed by atoms with Gasteiger partial charge in [0, 0.05) is 46.1 Å². The van der Waals surface area contributed by atoms with Crippen LogP contribution >= 0.6 is 0 Å². The van der Waals surface area contributed by atoms with Gasteiger partial charge in [-0.2, -0.15) is 0 Å². The van der Waals surface area contributed by atoms with Crippen molar-refractivity contribution in [3.05, 3.63) is 0 Å². The summed E-state index contributed by atoms with van der Waals surface area (Å²) in [5, 5.41) is 5.55. The minimum atomic E-state index is -0.0530. The molecular formula is C12H23N3O3. The number of ether oxygens (including phenoxy) is 1. The second-order valence-electron chi connectivity index (χ2n) is 4.39. The first-order chi connectivity index (χ1) is 8.68. The van der Waals surface area contributed by atoms with E-state index >= 15 is 0 Å². The van der Waals surface area contributed by atoms with Gasteiger partial charge in [-0.3, -0.25) is 14.5 Å². The number of carbonyl (C=O) groups excluding carboxylic acids is 2. The third-order valence-corrected chi connectivity index (χ3v) is 2.81. The lowest BCUT2D eigenvalue weighted by molar-refractivity contribution is -0.122. The van der Waals surface area contributed by atoms with Gasteiger partial charge in [-0.05, 0) is 6.42 Å². The van der Waals surface area contributed by atoms with Crippen LogP contribution in [0.1, 0.15) is 19.8 Å². The van der Waals surface area contributed by atoms with E-state index in [-0.39, 0.29) is 11.8 Å². The van der Waals surface area contributed by atoms with Crippen LogP contribution < -0.4 is 10.6 Å². The van der Waals surface area contributed by atoms with Gasteiger partial charge in [0.2, 0.25) is 11.8 Å². The molecule has 1 aliphatic rings. The summed E-state index contributed by atoms with van der Waals surface area (Å²) < 4.78 is 5.25. The molecule has 2 N–H and O–H groups in total. The number of morpholine rings is 1. The van der Waals surface area contributed by atoms with Gasteiger partial charge in [0.05, 0.1) is 13.2 Å². The van der Waals surface area contributed by atoms with Crippen LogP contribution in [0.2, 0.25) is 0 Å². The quantitative estimate of drug-likeness (QED) is 0.595. The maximum atomic E-state index is 11.5. The van der Waals surface area contributed by atoms with Crippen LogP contribution in [0.5, 0.6) is 0 Å². The van der Waals surface area contributed by atoms with Crippen LogP contribution in [-0.2, 0) is 14.3 Å². The summed E-state index contributed by atoms with van der Waals surface area (Å²) in [4.78, 5) is 24.3. The lowest BCUT2D eigenvalue weighted by atomic mass is 10.3. The third-order valence-electron chi connectivity index (χ3n) is 2.81. The largest absolute Gasteiger partial charge is 0.379 e. The molecule has 6 nitrogen and oxygen atoms in total. The molecule has 104 valence electrons. The number of rotatable bonds is 7. The molecule has 0 saturated carbocycles. The summed E-state index contributed by atoms with van der Waals surface area (Å²) in [6, 6.07) is 0. The molecule has 0 aromatic rings. The fourth-order valence-electron chi connectivity index (χ4n) is 1.78. The molecule has 0 unspecified atom stereocenters. The molecule has 6 heteroatoms. The van der Waals surface area contributed by atoms with Gasteiger partial charge in [-0.15, -0.1) is 0 Å². The van der Waals surface area contributed by atoms with E-state index in [4.69, 9.17) is 4.74 Å². The molecule has 1 fully saturated rings. The average Bonchev–Trinajstić information content (AvgIpc) is 2.36. The van der Waals surface area contributed by atoms with E-state index in [1.165, 1.54) is 6.92 Å². The molecule has 0 spiro atoms. The van der Waals surface area contributed by atoms with Gasteiger partial charge >= 0.3 is 0 Å². The molecule has 1 rings (SSSR count). The maximum absolute atomic E-state index is 11.5. The lowest BCUT2D eigenvalue weighted by Crippen LogP contribution is -2.41. The van der Waals surface area contributed by atoms with Crippen molar-refractivity contribution in [1.29, 1.82) is 0 Å².